The molecule has 162 valence electrons. The van der Waals surface area contributed by atoms with Gasteiger partial charge in [0.15, 0.2) is 0 Å². The molecule has 1 heterocycles. The highest BCUT2D eigenvalue weighted by atomic mass is 16.5. The zero-order valence-electron chi connectivity index (χ0n) is 18.3. The molecular weight excluding hydrogens is 396 g/mol. The molecule has 0 aromatic heterocycles. The normalized spacial score (nSPS) is 27.2. The first-order valence-electron chi connectivity index (χ1n) is 11.6. The van der Waals surface area contributed by atoms with E-state index < -0.39 is 0 Å². The quantitative estimate of drug-likeness (QED) is 0.521. The van der Waals surface area contributed by atoms with E-state index in [2.05, 4.69) is 53.1 Å². The third-order valence-electron chi connectivity index (χ3n) is 7.86. The molecule has 2 fully saturated rings. The van der Waals surface area contributed by atoms with Gasteiger partial charge in [-0.1, -0.05) is 42.5 Å². The van der Waals surface area contributed by atoms with Crippen LogP contribution < -0.4 is 15.4 Å². The van der Waals surface area contributed by atoms with Gasteiger partial charge in [0.25, 0.3) is 5.91 Å². The van der Waals surface area contributed by atoms with Crippen molar-refractivity contribution in [2.75, 3.05) is 17.7 Å². The van der Waals surface area contributed by atoms with Crippen molar-refractivity contribution in [3.8, 4) is 5.75 Å². The van der Waals surface area contributed by atoms with Crippen molar-refractivity contribution in [2.24, 2.45) is 17.8 Å². The van der Waals surface area contributed by atoms with Gasteiger partial charge in [0.05, 0.1) is 18.8 Å². The monoisotopic (exact) mass is 424 g/mol. The fourth-order valence-electron chi connectivity index (χ4n) is 6.56. The number of amides is 1. The summed E-state index contributed by atoms with van der Waals surface area (Å²) in [5.41, 5.74) is 5.27. The maximum atomic E-state index is 13.1. The lowest BCUT2D eigenvalue weighted by atomic mass is 9.68. The summed E-state index contributed by atoms with van der Waals surface area (Å²) in [5, 5.41) is 6.88. The van der Waals surface area contributed by atoms with Gasteiger partial charge in [-0.15, -0.1) is 0 Å². The summed E-state index contributed by atoms with van der Waals surface area (Å²) in [6.07, 6.45) is 3.96. The minimum atomic E-state index is -0.0952. The van der Waals surface area contributed by atoms with Crippen LogP contribution in [-0.2, 0) is 0 Å². The largest absolute Gasteiger partial charge is 0.495 e. The lowest BCUT2D eigenvalue weighted by Gasteiger charge is -2.43. The summed E-state index contributed by atoms with van der Waals surface area (Å²) in [4.78, 5) is 13.1. The van der Waals surface area contributed by atoms with Crippen molar-refractivity contribution in [1.29, 1.82) is 0 Å². The number of carbonyl (C=O) groups excluding carboxylic acids is 1. The maximum absolute atomic E-state index is 13.1. The predicted octanol–water partition coefficient (Wildman–Crippen LogP) is 6.24. The molecule has 5 atom stereocenters. The molecule has 0 radical (unpaired) electrons. The topological polar surface area (TPSA) is 50.4 Å². The van der Waals surface area contributed by atoms with Gasteiger partial charge in [0.1, 0.15) is 5.75 Å². The van der Waals surface area contributed by atoms with Crippen LogP contribution in [-0.4, -0.2) is 13.0 Å². The second-order valence-corrected chi connectivity index (χ2v) is 9.43. The Labute approximate surface area is 189 Å². The molecule has 3 aromatic carbocycles. The molecule has 0 spiro atoms. The highest BCUT2D eigenvalue weighted by Crippen LogP contribution is 2.63. The van der Waals surface area contributed by atoms with E-state index in [-0.39, 0.29) is 5.91 Å². The standard InChI is InChI=1S/C28H28N2O2/c1-32-24-10-6-5-9-23(24)30-28(31)20-13-14-22-21(16-20)25-18-11-12-19(15-18)26(25)27(29-22)17-7-3-2-4-8-17/h2-10,13-14,16,18-19,25-27,29H,11-12,15H2,1H3,(H,30,31)/t18-,19+,25-,26+,27+/m1/s1. The van der Waals surface area contributed by atoms with Gasteiger partial charge in [0, 0.05) is 11.3 Å². The Bertz CT molecular complexity index is 1160. The number of hydrogen-bond acceptors (Lipinski definition) is 3. The van der Waals surface area contributed by atoms with Gasteiger partial charge in [-0.05, 0) is 84.4 Å². The van der Waals surface area contributed by atoms with Crippen LogP contribution in [0.15, 0.2) is 72.8 Å². The lowest BCUT2D eigenvalue weighted by Crippen LogP contribution is -2.35. The van der Waals surface area contributed by atoms with Crippen LogP contribution in [0.5, 0.6) is 5.75 Å². The number of para-hydroxylation sites is 2. The van der Waals surface area contributed by atoms with Crippen molar-refractivity contribution in [1.82, 2.24) is 0 Å². The minimum Gasteiger partial charge on any atom is -0.495 e. The van der Waals surface area contributed by atoms with Crippen LogP contribution in [0, 0.1) is 17.8 Å². The second kappa shape index (κ2) is 7.70. The van der Waals surface area contributed by atoms with E-state index in [1.807, 2.05) is 30.3 Å². The number of fused-ring (bicyclic) bond motifs is 7. The Morgan fingerprint density at radius 2 is 1.75 bits per heavy atom. The van der Waals surface area contributed by atoms with Crippen molar-refractivity contribution in [2.45, 2.75) is 31.2 Å². The van der Waals surface area contributed by atoms with Crippen LogP contribution >= 0.6 is 0 Å². The van der Waals surface area contributed by atoms with Crippen molar-refractivity contribution in [3.63, 3.8) is 0 Å². The molecule has 6 rings (SSSR count). The first kappa shape index (κ1) is 19.4. The molecule has 2 bridgehead atoms. The fraction of sp³-hybridized carbons (Fsp3) is 0.321. The molecule has 3 aromatic rings. The van der Waals surface area contributed by atoms with Crippen LogP contribution in [0.1, 0.15) is 52.7 Å². The number of benzene rings is 3. The minimum absolute atomic E-state index is 0.0952. The highest BCUT2D eigenvalue weighted by Gasteiger charge is 2.53. The third-order valence-corrected chi connectivity index (χ3v) is 7.86. The molecule has 4 heteroatoms. The molecule has 32 heavy (non-hydrogen) atoms. The number of hydrogen-bond donors (Lipinski definition) is 2. The third kappa shape index (κ3) is 3.09. The summed E-state index contributed by atoms with van der Waals surface area (Å²) >= 11 is 0. The van der Waals surface area contributed by atoms with E-state index in [1.54, 1.807) is 7.11 Å². The molecule has 4 nitrogen and oxygen atoms in total. The second-order valence-electron chi connectivity index (χ2n) is 9.43. The smallest absolute Gasteiger partial charge is 0.255 e. The zero-order chi connectivity index (χ0) is 21.7. The molecule has 1 aliphatic heterocycles. The average molecular weight is 425 g/mol. The Balaban J connectivity index is 1.35. The SMILES string of the molecule is COc1ccccc1NC(=O)c1ccc2c(c1)[C@H]1[C@@H]3CC[C@@H](C3)[C@@H]1[C@H](c1ccccc1)N2. The number of methoxy groups -OCH3 is 1. The molecule has 1 amide bonds. The Morgan fingerprint density at radius 3 is 2.59 bits per heavy atom. The molecular formula is C28H28N2O2. The summed E-state index contributed by atoms with van der Waals surface area (Å²) in [6, 6.07) is 24.9. The van der Waals surface area contributed by atoms with Crippen molar-refractivity contribution >= 4 is 17.3 Å². The Kier molecular flexibility index (Phi) is 4.67. The number of ether oxygens (including phenoxy) is 1. The van der Waals surface area contributed by atoms with E-state index in [0.717, 1.165) is 11.8 Å². The Hall–Kier alpha value is -3.27. The Morgan fingerprint density at radius 1 is 0.969 bits per heavy atom. The van der Waals surface area contributed by atoms with Crippen LogP contribution in [0.25, 0.3) is 0 Å². The lowest BCUT2D eigenvalue weighted by molar-refractivity contribution is 0.102. The molecule has 2 saturated carbocycles. The molecule has 0 unspecified atom stereocenters. The molecule has 3 aliphatic rings. The van der Waals surface area contributed by atoms with Crippen LogP contribution in [0.2, 0.25) is 0 Å². The van der Waals surface area contributed by atoms with E-state index in [9.17, 15) is 4.79 Å². The molecule has 0 saturated heterocycles. The number of anilines is 2. The van der Waals surface area contributed by atoms with Gasteiger partial charge in [-0.25, -0.2) is 0 Å². The predicted molar refractivity (Wildman–Crippen MR) is 127 cm³/mol. The van der Waals surface area contributed by atoms with Crippen molar-refractivity contribution in [3.05, 3.63) is 89.5 Å². The summed E-state index contributed by atoms with van der Waals surface area (Å²) in [5.74, 6) is 3.18. The van der Waals surface area contributed by atoms with E-state index in [1.165, 1.54) is 36.1 Å². The summed E-state index contributed by atoms with van der Waals surface area (Å²) < 4.78 is 5.39. The van der Waals surface area contributed by atoms with Crippen LogP contribution in [0.3, 0.4) is 0 Å². The fourth-order valence-corrected chi connectivity index (χ4v) is 6.56. The van der Waals surface area contributed by atoms with Gasteiger partial charge in [0.2, 0.25) is 0 Å². The first-order valence-corrected chi connectivity index (χ1v) is 11.6. The van der Waals surface area contributed by atoms with E-state index in [0.29, 0.717) is 34.9 Å². The molecule has 2 aliphatic carbocycles. The number of rotatable bonds is 4. The van der Waals surface area contributed by atoms with Gasteiger partial charge < -0.3 is 15.4 Å². The summed E-state index contributed by atoms with van der Waals surface area (Å²) in [7, 11) is 1.62. The van der Waals surface area contributed by atoms with Crippen LogP contribution in [0.4, 0.5) is 11.4 Å². The molecule has 2 N–H and O–H groups in total. The van der Waals surface area contributed by atoms with Crippen molar-refractivity contribution < 1.29 is 9.53 Å². The van der Waals surface area contributed by atoms with E-state index >= 15 is 0 Å². The summed E-state index contributed by atoms with van der Waals surface area (Å²) in [6.45, 7) is 0. The van der Waals surface area contributed by atoms with Gasteiger partial charge in [-0.3, -0.25) is 4.79 Å². The maximum Gasteiger partial charge on any atom is 0.255 e. The number of carbonyl (C=O) groups is 1. The highest BCUT2D eigenvalue weighted by molar-refractivity contribution is 6.05. The van der Waals surface area contributed by atoms with E-state index in [4.69, 9.17) is 4.74 Å². The van der Waals surface area contributed by atoms with Gasteiger partial charge in [-0.2, -0.15) is 0 Å². The first-order chi connectivity index (χ1) is 15.7. The van der Waals surface area contributed by atoms with Gasteiger partial charge >= 0.3 is 0 Å². The average Bonchev–Trinajstić information content (AvgIpc) is 3.47. The number of nitrogens with one attached hydrogen (secondary N) is 2. The zero-order valence-corrected chi connectivity index (χ0v) is 18.3.